The molecule has 0 radical (unpaired) electrons. The molecule has 5 nitrogen and oxygen atoms in total. The fraction of sp³-hybridized carbons (Fsp3) is 0.348. The third-order valence-electron chi connectivity index (χ3n) is 5.22. The maximum absolute atomic E-state index is 6.29. The molecule has 0 atom stereocenters. The quantitative estimate of drug-likeness (QED) is 0.555. The summed E-state index contributed by atoms with van der Waals surface area (Å²) in [7, 11) is 1.66. The van der Waals surface area contributed by atoms with Crippen molar-refractivity contribution >= 4 is 34.0 Å². The summed E-state index contributed by atoms with van der Waals surface area (Å²) in [4.78, 5) is 7.10. The molecule has 1 N–H and O–H groups in total. The highest BCUT2D eigenvalue weighted by molar-refractivity contribution is 6.35. The van der Waals surface area contributed by atoms with Crippen LogP contribution >= 0.6 is 11.6 Å². The summed E-state index contributed by atoms with van der Waals surface area (Å²) in [6.45, 7) is 3.91. The molecule has 3 aromatic rings. The van der Waals surface area contributed by atoms with Gasteiger partial charge < -0.3 is 14.8 Å². The fourth-order valence-corrected chi connectivity index (χ4v) is 3.89. The van der Waals surface area contributed by atoms with Gasteiger partial charge in [0.25, 0.3) is 0 Å². The van der Waals surface area contributed by atoms with E-state index >= 15 is 0 Å². The summed E-state index contributed by atoms with van der Waals surface area (Å²) in [5, 5.41) is 4.99. The second kappa shape index (κ2) is 9.33. The highest BCUT2D eigenvalue weighted by Crippen LogP contribution is 2.32. The number of likely N-dealkylation sites (tertiary alicyclic amines) is 1. The van der Waals surface area contributed by atoms with E-state index in [-0.39, 0.29) is 0 Å². The summed E-state index contributed by atoms with van der Waals surface area (Å²) >= 11 is 6.29. The molecule has 0 bridgehead atoms. The average Bonchev–Trinajstić information content (AvgIpc) is 2.75. The molecule has 2 aromatic carbocycles. The Balaban J connectivity index is 1.46. The second-order valence-electron chi connectivity index (χ2n) is 7.25. The lowest BCUT2D eigenvalue weighted by atomic mass is 10.1. The van der Waals surface area contributed by atoms with Crippen molar-refractivity contribution in [2.75, 3.05) is 38.7 Å². The van der Waals surface area contributed by atoms with Gasteiger partial charge in [-0.3, -0.25) is 4.90 Å². The van der Waals surface area contributed by atoms with Crippen molar-refractivity contribution in [2.45, 2.75) is 19.3 Å². The first kappa shape index (κ1) is 19.8. The molecule has 1 fully saturated rings. The minimum atomic E-state index is 0.641. The first-order valence-electron chi connectivity index (χ1n) is 10.1. The van der Waals surface area contributed by atoms with Gasteiger partial charge in [-0.2, -0.15) is 0 Å². The number of fused-ring (bicyclic) bond motifs is 1. The molecule has 2 heterocycles. The van der Waals surface area contributed by atoms with Gasteiger partial charge in [-0.05, 0) is 56.3 Å². The van der Waals surface area contributed by atoms with Gasteiger partial charge in [0.05, 0.1) is 17.6 Å². The van der Waals surface area contributed by atoms with Crippen molar-refractivity contribution in [2.24, 2.45) is 0 Å². The maximum atomic E-state index is 6.29. The molecule has 0 aliphatic carbocycles. The first-order chi connectivity index (χ1) is 14.2. The SMILES string of the molecule is COc1ccc(Nc2ccc3cccc(Cl)c3n2)cc1OCCN1CCCCC1. The van der Waals surface area contributed by atoms with Crippen molar-refractivity contribution < 1.29 is 9.47 Å². The molecule has 29 heavy (non-hydrogen) atoms. The summed E-state index contributed by atoms with van der Waals surface area (Å²) in [5.74, 6) is 2.19. The van der Waals surface area contributed by atoms with Crippen molar-refractivity contribution in [3.63, 3.8) is 0 Å². The Morgan fingerprint density at radius 1 is 1.03 bits per heavy atom. The highest BCUT2D eigenvalue weighted by atomic mass is 35.5. The van der Waals surface area contributed by atoms with Crippen LogP contribution in [-0.2, 0) is 0 Å². The van der Waals surface area contributed by atoms with Crippen LogP contribution in [0.15, 0.2) is 48.5 Å². The van der Waals surface area contributed by atoms with Crippen LogP contribution in [0.3, 0.4) is 0 Å². The zero-order valence-electron chi connectivity index (χ0n) is 16.7. The molecule has 0 unspecified atom stereocenters. The Morgan fingerprint density at radius 3 is 2.72 bits per heavy atom. The molecule has 152 valence electrons. The van der Waals surface area contributed by atoms with E-state index in [0.29, 0.717) is 11.6 Å². The average molecular weight is 412 g/mol. The second-order valence-corrected chi connectivity index (χ2v) is 7.66. The molecule has 4 rings (SSSR count). The van der Waals surface area contributed by atoms with E-state index in [1.165, 1.54) is 19.3 Å². The molecule has 0 amide bonds. The Bertz CT molecular complexity index is 973. The van der Waals surface area contributed by atoms with Gasteiger partial charge in [-0.1, -0.05) is 30.2 Å². The molecular weight excluding hydrogens is 386 g/mol. The number of rotatable bonds is 7. The number of pyridine rings is 1. The van der Waals surface area contributed by atoms with Gasteiger partial charge in [0.2, 0.25) is 0 Å². The normalized spacial score (nSPS) is 14.7. The van der Waals surface area contributed by atoms with Gasteiger partial charge >= 0.3 is 0 Å². The van der Waals surface area contributed by atoms with E-state index in [1.807, 2.05) is 48.5 Å². The van der Waals surface area contributed by atoms with Crippen LogP contribution in [0.1, 0.15) is 19.3 Å². The van der Waals surface area contributed by atoms with Crippen LogP contribution in [-0.4, -0.2) is 43.2 Å². The van der Waals surface area contributed by atoms with Crippen LogP contribution in [0.25, 0.3) is 10.9 Å². The van der Waals surface area contributed by atoms with E-state index in [2.05, 4.69) is 15.2 Å². The number of nitrogens with zero attached hydrogens (tertiary/aromatic N) is 2. The van der Waals surface area contributed by atoms with Gasteiger partial charge in [0, 0.05) is 23.7 Å². The summed E-state index contributed by atoms with van der Waals surface area (Å²) < 4.78 is 11.5. The molecule has 0 saturated carbocycles. The van der Waals surface area contributed by atoms with Crippen LogP contribution in [0.4, 0.5) is 11.5 Å². The largest absolute Gasteiger partial charge is 0.493 e. The number of para-hydroxylation sites is 1. The predicted octanol–water partition coefficient (Wildman–Crippen LogP) is 5.51. The Hall–Kier alpha value is -2.50. The van der Waals surface area contributed by atoms with Crippen LogP contribution in [0, 0.1) is 0 Å². The van der Waals surface area contributed by atoms with E-state index < -0.39 is 0 Å². The van der Waals surface area contributed by atoms with E-state index in [9.17, 15) is 0 Å². The zero-order valence-corrected chi connectivity index (χ0v) is 17.4. The Morgan fingerprint density at radius 2 is 1.90 bits per heavy atom. The summed E-state index contributed by atoms with van der Waals surface area (Å²) in [5.41, 5.74) is 1.67. The van der Waals surface area contributed by atoms with Crippen LogP contribution in [0.5, 0.6) is 11.5 Å². The number of hydrogen-bond donors (Lipinski definition) is 1. The van der Waals surface area contributed by atoms with Gasteiger partial charge in [-0.25, -0.2) is 4.98 Å². The van der Waals surface area contributed by atoms with Gasteiger partial charge in [0.1, 0.15) is 12.4 Å². The number of anilines is 2. The first-order valence-corrected chi connectivity index (χ1v) is 10.5. The molecular formula is C23H26ClN3O2. The minimum absolute atomic E-state index is 0.641. The van der Waals surface area contributed by atoms with E-state index in [1.54, 1.807) is 7.11 Å². The Labute approximate surface area is 176 Å². The number of benzene rings is 2. The number of piperidine rings is 1. The number of aromatic nitrogens is 1. The fourth-order valence-electron chi connectivity index (χ4n) is 3.66. The lowest BCUT2D eigenvalue weighted by Gasteiger charge is -2.26. The maximum Gasteiger partial charge on any atom is 0.163 e. The van der Waals surface area contributed by atoms with Crippen LogP contribution in [0.2, 0.25) is 5.02 Å². The van der Waals surface area contributed by atoms with Crippen LogP contribution < -0.4 is 14.8 Å². The zero-order chi connectivity index (χ0) is 20.1. The lowest BCUT2D eigenvalue weighted by molar-refractivity contribution is 0.180. The minimum Gasteiger partial charge on any atom is -0.493 e. The topological polar surface area (TPSA) is 46.6 Å². The standard InChI is InChI=1S/C23H26ClN3O2/c1-28-20-10-9-18(16-21(20)29-15-14-27-12-3-2-4-13-27)25-22-11-8-17-6-5-7-19(24)23(17)26-22/h5-11,16H,2-4,12-15H2,1H3,(H,25,26). The number of nitrogens with one attached hydrogen (secondary N) is 1. The van der Waals surface area contributed by atoms with E-state index in [4.69, 9.17) is 21.1 Å². The number of hydrogen-bond acceptors (Lipinski definition) is 5. The Kier molecular flexibility index (Phi) is 6.37. The van der Waals surface area contributed by atoms with Crippen molar-refractivity contribution in [1.29, 1.82) is 0 Å². The molecule has 6 heteroatoms. The smallest absolute Gasteiger partial charge is 0.163 e. The summed E-state index contributed by atoms with van der Waals surface area (Å²) in [6.07, 6.45) is 3.91. The molecule has 1 aliphatic rings. The third-order valence-corrected chi connectivity index (χ3v) is 5.53. The van der Waals surface area contributed by atoms with E-state index in [0.717, 1.165) is 53.5 Å². The highest BCUT2D eigenvalue weighted by Gasteiger charge is 2.11. The molecule has 1 aromatic heterocycles. The molecule has 1 saturated heterocycles. The molecule has 0 spiro atoms. The third kappa shape index (κ3) is 4.92. The lowest BCUT2D eigenvalue weighted by Crippen LogP contribution is -2.33. The van der Waals surface area contributed by atoms with Gasteiger partial charge in [0.15, 0.2) is 11.5 Å². The van der Waals surface area contributed by atoms with Crippen molar-refractivity contribution in [1.82, 2.24) is 9.88 Å². The number of ether oxygens (including phenoxy) is 2. The summed E-state index contributed by atoms with van der Waals surface area (Å²) in [6, 6.07) is 15.5. The molecule has 1 aliphatic heterocycles. The predicted molar refractivity (Wildman–Crippen MR) is 119 cm³/mol. The van der Waals surface area contributed by atoms with Gasteiger partial charge in [-0.15, -0.1) is 0 Å². The van der Waals surface area contributed by atoms with Crippen molar-refractivity contribution in [3.8, 4) is 11.5 Å². The monoisotopic (exact) mass is 411 g/mol. The van der Waals surface area contributed by atoms with Crippen molar-refractivity contribution in [3.05, 3.63) is 53.6 Å². The number of halogens is 1. The number of methoxy groups -OCH3 is 1.